The standard InChI is InChI=1S/C35H33N3O6S2/c1-25-9-19-34(20-10-25)46(42,43)38(30-15-17-32(18-16-30)44-31-7-5-4-6-8-31)24-35(39)36-28-13-21-33(22-14-28)45(40,41)37-29-12-11-26(2)27(3)23-29/h4-23,37H,24H2,1-3H3,(H,36,39). The summed E-state index contributed by atoms with van der Waals surface area (Å²) in [6.45, 7) is 5.15. The number of nitrogens with one attached hydrogen (secondary N) is 2. The Kier molecular flexibility index (Phi) is 9.45. The van der Waals surface area contributed by atoms with Crippen LogP contribution < -0.4 is 19.1 Å². The summed E-state index contributed by atoms with van der Waals surface area (Å²) in [5.41, 5.74) is 3.88. The highest BCUT2D eigenvalue weighted by atomic mass is 32.2. The van der Waals surface area contributed by atoms with Crippen LogP contribution in [-0.2, 0) is 24.8 Å². The quantitative estimate of drug-likeness (QED) is 0.157. The summed E-state index contributed by atoms with van der Waals surface area (Å²) in [7, 11) is -8.03. The second kappa shape index (κ2) is 13.5. The van der Waals surface area contributed by atoms with Crippen LogP contribution in [-0.4, -0.2) is 29.3 Å². The van der Waals surface area contributed by atoms with Crippen molar-refractivity contribution in [3.05, 3.63) is 138 Å². The van der Waals surface area contributed by atoms with E-state index in [1.54, 1.807) is 60.7 Å². The first kappa shape index (κ1) is 32.3. The van der Waals surface area contributed by atoms with Crippen LogP contribution in [0, 0.1) is 20.8 Å². The lowest BCUT2D eigenvalue weighted by atomic mass is 10.1. The van der Waals surface area contributed by atoms with Crippen molar-refractivity contribution in [2.24, 2.45) is 0 Å². The van der Waals surface area contributed by atoms with Gasteiger partial charge in [0.15, 0.2) is 0 Å². The van der Waals surface area contributed by atoms with Gasteiger partial charge >= 0.3 is 0 Å². The van der Waals surface area contributed by atoms with E-state index >= 15 is 0 Å². The lowest BCUT2D eigenvalue weighted by molar-refractivity contribution is -0.114. The normalized spacial score (nSPS) is 11.5. The minimum absolute atomic E-state index is 0.00473. The van der Waals surface area contributed by atoms with Gasteiger partial charge in [-0.2, -0.15) is 0 Å². The molecule has 0 atom stereocenters. The molecular weight excluding hydrogens is 623 g/mol. The Balaban J connectivity index is 1.34. The van der Waals surface area contributed by atoms with Crippen LogP contribution >= 0.6 is 0 Å². The molecule has 0 radical (unpaired) electrons. The summed E-state index contributed by atoms with van der Waals surface area (Å²) in [5.74, 6) is 0.497. The summed E-state index contributed by atoms with van der Waals surface area (Å²) < 4.78 is 62.9. The number of carbonyl (C=O) groups excluding carboxylic acids is 1. The van der Waals surface area contributed by atoms with Crippen molar-refractivity contribution in [2.45, 2.75) is 30.6 Å². The Labute approximate surface area is 269 Å². The Morgan fingerprint density at radius 1 is 0.652 bits per heavy atom. The van der Waals surface area contributed by atoms with Gasteiger partial charge in [0, 0.05) is 11.4 Å². The van der Waals surface area contributed by atoms with Crippen LogP contribution in [0.5, 0.6) is 11.5 Å². The third kappa shape index (κ3) is 7.74. The molecule has 11 heteroatoms. The molecule has 0 heterocycles. The first-order chi connectivity index (χ1) is 21.9. The van der Waals surface area contributed by atoms with Crippen molar-refractivity contribution in [1.82, 2.24) is 0 Å². The van der Waals surface area contributed by atoms with E-state index in [1.165, 1.54) is 36.4 Å². The summed E-state index contributed by atoms with van der Waals surface area (Å²) in [6.07, 6.45) is 0. The number of hydrogen-bond acceptors (Lipinski definition) is 6. The van der Waals surface area contributed by atoms with Crippen molar-refractivity contribution in [3.8, 4) is 11.5 Å². The summed E-state index contributed by atoms with van der Waals surface area (Å²) in [6, 6.07) is 32.8. The van der Waals surface area contributed by atoms with E-state index in [2.05, 4.69) is 10.0 Å². The number of anilines is 3. The molecule has 5 aromatic rings. The fraction of sp³-hybridized carbons (Fsp3) is 0.114. The summed E-state index contributed by atoms with van der Waals surface area (Å²) >= 11 is 0. The van der Waals surface area contributed by atoms with Crippen LogP contribution in [0.3, 0.4) is 0 Å². The van der Waals surface area contributed by atoms with E-state index in [9.17, 15) is 21.6 Å². The molecule has 1 amide bonds. The number of hydrogen-bond donors (Lipinski definition) is 2. The van der Waals surface area contributed by atoms with Gasteiger partial charge in [0.25, 0.3) is 20.0 Å². The molecular formula is C35H33N3O6S2. The van der Waals surface area contributed by atoms with E-state index in [4.69, 9.17) is 4.74 Å². The van der Waals surface area contributed by atoms with Gasteiger partial charge in [0.05, 0.1) is 15.5 Å². The zero-order valence-corrected chi connectivity index (χ0v) is 27.1. The number of sulfonamides is 2. The van der Waals surface area contributed by atoms with Crippen molar-refractivity contribution in [3.63, 3.8) is 0 Å². The molecule has 0 unspecified atom stereocenters. The third-order valence-electron chi connectivity index (χ3n) is 7.21. The largest absolute Gasteiger partial charge is 0.457 e. The van der Waals surface area contributed by atoms with Gasteiger partial charge < -0.3 is 10.1 Å². The molecule has 0 bridgehead atoms. The Bertz CT molecular complexity index is 2050. The maximum atomic E-state index is 13.8. The van der Waals surface area contributed by atoms with E-state index in [0.29, 0.717) is 22.9 Å². The lowest BCUT2D eigenvalue weighted by Crippen LogP contribution is -2.38. The maximum Gasteiger partial charge on any atom is 0.264 e. The van der Waals surface area contributed by atoms with E-state index in [-0.39, 0.29) is 15.5 Å². The molecule has 2 N–H and O–H groups in total. The second-order valence-corrected chi connectivity index (χ2v) is 14.3. The predicted molar refractivity (Wildman–Crippen MR) is 180 cm³/mol. The van der Waals surface area contributed by atoms with Crippen LogP contribution in [0.4, 0.5) is 17.1 Å². The van der Waals surface area contributed by atoms with Gasteiger partial charge in [-0.1, -0.05) is 42.0 Å². The molecule has 5 aromatic carbocycles. The number of rotatable bonds is 11. The van der Waals surface area contributed by atoms with Crippen molar-refractivity contribution in [1.29, 1.82) is 0 Å². The minimum Gasteiger partial charge on any atom is -0.457 e. The molecule has 0 aromatic heterocycles. The highest BCUT2D eigenvalue weighted by Crippen LogP contribution is 2.28. The molecule has 5 rings (SSSR count). The molecule has 9 nitrogen and oxygen atoms in total. The number of amides is 1. The minimum atomic E-state index is -4.15. The average Bonchev–Trinajstić information content (AvgIpc) is 3.03. The van der Waals surface area contributed by atoms with Crippen molar-refractivity contribution >= 4 is 43.0 Å². The number of aryl methyl sites for hydroxylation is 3. The maximum absolute atomic E-state index is 13.8. The number of ether oxygens (including phenoxy) is 1. The van der Waals surface area contributed by atoms with Crippen LogP contribution in [0.2, 0.25) is 0 Å². The molecule has 0 saturated heterocycles. The number of benzene rings is 5. The Morgan fingerprint density at radius 3 is 1.87 bits per heavy atom. The highest BCUT2D eigenvalue weighted by Gasteiger charge is 2.27. The van der Waals surface area contributed by atoms with Crippen molar-refractivity contribution in [2.75, 3.05) is 20.9 Å². The van der Waals surface area contributed by atoms with Gasteiger partial charge in [0.2, 0.25) is 5.91 Å². The predicted octanol–water partition coefficient (Wildman–Crippen LogP) is 7.04. The average molecular weight is 656 g/mol. The summed E-state index contributed by atoms with van der Waals surface area (Å²) in [4.78, 5) is 13.3. The number of carbonyl (C=O) groups is 1. The van der Waals surface area contributed by atoms with Crippen LogP contribution in [0.15, 0.2) is 131 Å². The first-order valence-corrected chi connectivity index (χ1v) is 17.3. The molecule has 0 aliphatic heterocycles. The molecule has 46 heavy (non-hydrogen) atoms. The van der Waals surface area contributed by atoms with E-state index in [1.807, 2.05) is 45.0 Å². The van der Waals surface area contributed by atoms with E-state index < -0.39 is 32.5 Å². The number of para-hydroxylation sites is 1. The van der Waals surface area contributed by atoms with Crippen molar-refractivity contribution < 1.29 is 26.4 Å². The van der Waals surface area contributed by atoms with Gasteiger partial charge in [-0.25, -0.2) is 16.8 Å². The summed E-state index contributed by atoms with van der Waals surface area (Å²) in [5, 5.41) is 2.68. The smallest absolute Gasteiger partial charge is 0.264 e. The Hall–Kier alpha value is -5.13. The molecule has 236 valence electrons. The van der Waals surface area contributed by atoms with Gasteiger partial charge in [-0.3, -0.25) is 13.8 Å². The van der Waals surface area contributed by atoms with Crippen LogP contribution in [0.25, 0.3) is 0 Å². The zero-order valence-electron chi connectivity index (χ0n) is 25.5. The van der Waals surface area contributed by atoms with Gasteiger partial charge in [-0.15, -0.1) is 0 Å². The Morgan fingerprint density at radius 2 is 1.24 bits per heavy atom. The topological polar surface area (TPSA) is 122 Å². The SMILES string of the molecule is Cc1ccc(S(=O)(=O)N(CC(=O)Nc2ccc(S(=O)(=O)Nc3ccc(C)c(C)c3)cc2)c2ccc(Oc3ccccc3)cc2)cc1. The van der Waals surface area contributed by atoms with Crippen LogP contribution in [0.1, 0.15) is 16.7 Å². The monoisotopic (exact) mass is 655 g/mol. The third-order valence-corrected chi connectivity index (χ3v) is 10.4. The molecule has 0 aliphatic carbocycles. The molecule has 0 aliphatic rings. The highest BCUT2D eigenvalue weighted by molar-refractivity contribution is 7.93. The number of nitrogens with zero attached hydrogens (tertiary/aromatic N) is 1. The molecule has 0 saturated carbocycles. The van der Waals surface area contributed by atoms with E-state index in [0.717, 1.165) is 21.0 Å². The molecule has 0 spiro atoms. The molecule has 0 fully saturated rings. The zero-order chi connectivity index (χ0) is 32.9. The fourth-order valence-electron chi connectivity index (χ4n) is 4.52. The fourth-order valence-corrected chi connectivity index (χ4v) is 7.00. The second-order valence-electron chi connectivity index (χ2n) is 10.7. The van der Waals surface area contributed by atoms with Gasteiger partial charge in [0.1, 0.15) is 18.0 Å². The first-order valence-electron chi connectivity index (χ1n) is 14.3. The lowest BCUT2D eigenvalue weighted by Gasteiger charge is -2.24. The van der Waals surface area contributed by atoms with Gasteiger partial charge in [-0.05, 0) is 117 Å².